The maximum absolute atomic E-state index is 12.7. The lowest BCUT2D eigenvalue weighted by Gasteiger charge is -2.26. The van der Waals surface area contributed by atoms with Crippen LogP contribution in [0, 0.1) is 11.3 Å². The highest BCUT2D eigenvalue weighted by molar-refractivity contribution is 5.96. The van der Waals surface area contributed by atoms with E-state index in [0.717, 1.165) is 32.4 Å². The molecule has 0 unspecified atom stereocenters. The van der Waals surface area contributed by atoms with Crippen LogP contribution in [0.1, 0.15) is 45.5 Å². The Morgan fingerprint density at radius 2 is 1.71 bits per heavy atom. The largest absolute Gasteiger partial charge is 0.478 e. The van der Waals surface area contributed by atoms with E-state index in [9.17, 15) is 14.9 Å². The molecule has 2 heterocycles. The number of rotatable bonds is 3. The van der Waals surface area contributed by atoms with Crippen LogP contribution in [0.2, 0.25) is 0 Å². The highest BCUT2D eigenvalue weighted by Crippen LogP contribution is 2.20. The minimum atomic E-state index is -0.993. The molecule has 3 rings (SSSR count). The van der Waals surface area contributed by atoms with Gasteiger partial charge in [0.05, 0.1) is 16.7 Å². The number of likely N-dealkylation sites (tertiary alicyclic amines) is 1. The molecular formula is C18H17N3O3. The fraction of sp³-hybridized carbons (Fsp3) is 0.278. The van der Waals surface area contributed by atoms with Crippen molar-refractivity contribution in [3.63, 3.8) is 0 Å². The first kappa shape index (κ1) is 15.8. The van der Waals surface area contributed by atoms with Crippen LogP contribution in [0.15, 0.2) is 36.7 Å². The van der Waals surface area contributed by atoms with Crippen LogP contribution in [-0.4, -0.2) is 39.5 Å². The summed E-state index contributed by atoms with van der Waals surface area (Å²) in [5.74, 6) is -1.11. The van der Waals surface area contributed by atoms with Crippen molar-refractivity contribution in [3.05, 3.63) is 53.3 Å². The van der Waals surface area contributed by atoms with E-state index in [1.165, 1.54) is 12.1 Å². The van der Waals surface area contributed by atoms with Gasteiger partial charge in [0.25, 0.3) is 5.91 Å². The molecule has 1 aromatic carbocycles. The zero-order valence-corrected chi connectivity index (χ0v) is 13.1. The maximum Gasteiger partial charge on any atom is 0.335 e. The molecule has 0 atom stereocenters. The quantitative estimate of drug-likeness (QED) is 0.941. The minimum Gasteiger partial charge on any atom is -0.478 e. The smallest absolute Gasteiger partial charge is 0.335 e. The number of carboxylic acids is 1. The number of nitriles is 1. The molecule has 24 heavy (non-hydrogen) atoms. The van der Waals surface area contributed by atoms with Crippen molar-refractivity contribution in [1.29, 1.82) is 5.26 Å². The number of carbonyl (C=O) groups excluding carboxylic acids is 1. The molecule has 0 saturated carbocycles. The number of piperidine rings is 1. The standard InChI is InChI=1S/C18H17N3O3/c19-10-14-11-21(15-6-4-13(5-7-15)18(23)24)12-16(14)17(22)20-8-2-1-3-9-20/h4-7,11-12H,1-3,8-9H2,(H,23,24). The van der Waals surface area contributed by atoms with Crippen LogP contribution in [0.4, 0.5) is 0 Å². The fourth-order valence-electron chi connectivity index (χ4n) is 2.91. The van der Waals surface area contributed by atoms with Gasteiger partial charge in [-0.3, -0.25) is 4.79 Å². The van der Waals surface area contributed by atoms with Crippen LogP contribution in [0.25, 0.3) is 5.69 Å². The number of carboxylic acid groups (broad SMARTS) is 1. The van der Waals surface area contributed by atoms with Gasteiger partial charge in [0.15, 0.2) is 0 Å². The second-order valence-corrected chi connectivity index (χ2v) is 5.81. The van der Waals surface area contributed by atoms with Crippen LogP contribution in [-0.2, 0) is 0 Å². The zero-order valence-electron chi connectivity index (χ0n) is 13.1. The Labute approximate surface area is 139 Å². The van der Waals surface area contributed by atoms with Gasteiger partial charge in [0.2, 0.25) is 0 Å². The van der Waals surface area contributed by atoms with Crippen molar-refractivity contribution in [2.75, 3.05) is 13.1 Å². The molecular weight excluding hydrogens is 306 g/mol. The summed E-state index contributed by atoms with van der Waals surface area (Å²) in [5.41, 5.74) is 1.61. The maximum atomic E-state index is 12.7. The second-order valence-electron chi connectivity index (χ2n) is 5.81. The van der Waals surface area contributed by atoms with Gasteiger partial charge in [-0.15, -0.1) is 0 Å². The van der Waals surface area contributed by atoms with Crippen molar-refractivity contribution in [2.45, 2.75) is 19.3 Å². The SMILES string of the molecule is N#Cc1cn(-c2ccc(C(=O)O)cc2)cc1C(=O)N1CCCCC1. The minimum absolute atomic E-state index is 0.118. The normalized spacial score (nSPS) is 14.2. The number of nitrogens with zero attached hydrogens (tertiary/aromatic N) is 3. The number of amides is 1. The molecule has 1 aromatic heterocycles. The predicted octanol–water partition coefficient (Wildman–Crippen LogP) is 2.67. The third-order valence-electron chi connectivity index (χ3n) is 4.23. The van der Waals surface area contributed by atoms with Crippen LogP contribution in [0.5, 0.6) is 0 Å². The Morgan fingerprint density at radius 1 is 1.04 bits per heavy atom. The van der Waals surface area contributed by atoms with Crippen LogP contribution >= 0.6 is 0 Å². The molecule has 1 saturated heterocycles. The number of hydrogen-bond acceptors (Lipinski definition) is 3. The second kappa shape index (κ2) is 6.59. The first-order chi connectivity index (χ1) is 11.6. The molecule has 1 N–H and O–H groups in total. The molecule has 1 aliphatic heterocycles. The summed E-state index contributed by atoms with van der Waals surface area (Å²) >= 11 is 0. The van der Waals surface area contributed by atoms with Gasteiger partial charge in [-0.1, -0.05) is 0 Å². The summed E-state index contributed by atoms with van der Waals surface area (Å²) in [7, 11) is 0. The molecule has 1 fully saturated rings. The Balaban J connectivity index is 1.91. The molecule has 1 amide bonds. The number of aromatic carboxylic acids is 1. The van der Waals surface area contributed by atoms with E-state index in [4.69, 9.17) is 5.11 Å². The van der Waals surface area contributed by atoms with E-state index in [1.54, 1.807) is 34.0 Å². The molecule has 0 aliphatic carbocycles. The average molecular weight is 323 g/mol. The molecule has 122 valence electrons. The number of hydrogen-bond donors (Lipinski definition) is 1. The lowest BCUT2D eigenvalue weighted by atomic mass is 10.1. The predicted molar refractivity (Wildman–Crippen MR) is 87.2 cm³/mol. The van der Waals surface area contributed by atoms with Gasteiger partial charge in [-0.25, -0.2) is 4.79 Å². The van der Waals surface area contributed by atoms with Crippen LogP contribution in [0.3, 0.4) is 0 Å². The number of aromatic nitrogens is 1. The summed E-state index contributed by atoms with van der Waals surface area (Å²) in [6.07, 6.45) is 6.36. The van der Waals surface area contributed by atoms with Gasteiger partial charge in [-0.2, -0.15) is 5.26 Å². The van der Waals surface area contributed by atoms with Gasteiger partial charge in [0.1, 0.15) is 6.07 Å². The van der Waals surface area contributed by atoms with E-state index < -0.39 is 5.97 Å². The molecule has 0 bridgehead atoms. The van der Waals surface area contributed by atoms with Gasteiger partial charge >= 0.3 is 5.97 Å². The highest BCUT2D eigenvalue weighted by atomic mass is 16.4. The average Bonchev–Trinajstić information content (AvgIpc) is 3.06. The van der Waals surface area contributed by atoms with Crippen molar-refractivity contribution < 1.29 is 14.7 Å². The van der Waals surface area contributed by atoms with Gasteiger partial charge < -0.3 is 14.6 Å². The number of benzene rings is 1. The number of carbonyl (C=O) groups is 2. The Hall–Kier alpha value is -3.07. The van der Waals surface area contributed by atoms with E-state index >= 15 is 0 Å². The lowest BCUT2D eigenvalue weighted by Crippen LogP contribution is -2.35. The van der Waals surface area contributed by atoms with Gasteiger partial charge in [-0.05, 0) is 43.5 Å². The molecule has 6 nitrogen and oxygen atoms in total. The summed E-state index contributed by atoms with van der Waals surface area (Å²) in [6.45, 7) is 1.45. The Bertz CT molecular complexity index is 809. The van der Waals surface area contributed by atoms with E-state index in [1.807, 2.05) is 0 Å². The molecule has 6 heteroatoms. The molecule has 0 radical (unpaired) electrons. The van der Waals surface area contributed by atoms with Crippen molar-refractivity contribution in [3.8, 4) is 11.8 Å². The summed E-state index contributed by atoms with van der Waals surface area (Å²) < 4.78 is 1.68. The van der Waals surface area contributed by atoms with Gasteiger partial charge in [0, 0.05) is 31.2 Å². The summed E-state index contributed by atoms with van der Waals surface area (Å²) in [6, 6.07) is 8.37. The highest BCUT2D eigenvalue weighted by Gasteiger charge is 2.22. The van der Waals surface area contributed by atoms with E-state index in [2.05, 4.69) is 6.07 Å². The van der Waals surface area contributed by atoms with E-state index in [0.29, 0.717) is 16.8 Å². The molecule has 1 aliphatic rings. The zero-order chi connectivity index (χ0) is 17.1. The fourth-order valence-corrected chi connectivity index (χ4v) is 2.91. The summed E-state index contributed by atoms with van der Waals surface area (Å²) in [5, 5.41) is 18.3. The van der Waals surface area contributed by atoms with Crippen LogP contribution < -0.4 is 0 Å². The van der Waals surface area contributed by atoms with Crippen molar-refractivity contribution in [2.24, 2.45) is 0 Å². The van der Waals surface area contributed by atoms with E-state index in [-0.39, 0.29) is 11.5 Å². The first-order valence-electron chi connectivity index (χ1n) is 7.85. The summed E-state index contributed by atoms with van der Waals surface area (Å²) in [4.78, 5) is 25.4. The third kappa shape index (κ3) is 3.01. The first-order valence-corrected chi connectivity index (χ1v) is 7.85. The Kier molecular flexibility index (Phi) is 4.34. The monoisotopic (exact) mass is 323 g/mol. The molecule has 0 spiro atoms. The topological polar surface area (TPSA) is 86.3 Å². The Morgan fingerprint density at radius 3 is 2.29 bits per heavy atom. The third-order valence-corrected chi connectivity index (χ3v) is 4.23. The van der Waals surface area contributed by atoms with Crippen molar-refractivity contribution in [1.82, 2.24) is 9.47 Å². The molecule has 2 aromatic rings. The van der Waals surface area contributed by atoms with Crippen molar-refractivity contribution >= 4 is 11.9 Å². The lowest BCUT2D eigenvalue weighted by molar-refractivity contribution is 0.0694.